The molecule has 2 rings (SSSR count). The van der Waals surface area contributed by atoms with Crippen LogP contribution in [-0.2, 0) is 4.79 Å². The molecule has 0 aliphatic rings. The molecule has 0 spiro atoms. The number of rotatable bonds is 6. The third-order valence-corrected chi connectivity index (χ3v) is 2.46. The molecule has 0 fully saturated rings. The molecule has 2 N–H and O–H groups in total. The molecule has 0 unspecified atom stereocenters. The monoisotopic (exact) mass is 246 g/mol. The van der Waals surface area contributed by atoms with Crippen molar-refractivity contribution in [2.75, 3.05) is 11.9 Å². The molecule has 18 heavy (non-hydrogen) atoms. The van der Waals surface area contributed by atoms with Crippen molar-refractivity contribution in [1.82, 2.24) is 15.2 Å². The maximum absolute atomic E-state index is 10.3. The van der Waals surface area contributed by atoms with Gasteiger partial charge in [-0.3, -0.25) is 4.79 Å². The van der Waals surface area contributed by atoms with Crippen LogP contribution in [0.2, 0.25) is 0 Å². The normalized spacial score (nSPS) is 10.4. The Morgan fingerprint density at radius 3 is 2.72 bits per heavy atom. The van der Waals surface area contributed by atoms with Gasteiger partial charge >= 0.3 is 5.97 Å². The third kappa shape index (κ3) is 3.38. The standard InChI is InChI=1S/C12H14N4O2/c17-11(18)7-3-4-8-13-12-14-9-5-1-2-6-10(9)15-16-12/h1-2,5-6H,3-4,7-8H2,(H,17,18)(H,13,14,16). The zero-order chi connectivity index (χ0) is 12.8. The summed E-state index contributed by atoms with van der Waals surface area (Å²) in [4.78, 5) is 14.6. The average Bonchev–Trinajstić information content (AvgIpc) is 2.38. The van der Waals surface area contributed by atoms with Crippen LogP contribution in [0.3, 0.4) is 0 Å². The van der Waals surface area contributed by atoms with Crippen LogP contribution in [0.1, 0.15) is 19.3 Å². The van der Waals surface area contributed by atoms with E-state index in [4.69, 9.17) is 5.11 Å². The zero-order valence-electron chi connectivity index (χ0n) is 9.83. The number of nitrogens with zero attached hydrogens (tertiary/aromatic N) is 3. The van der Waals surface area contributed by atoms with E-state index in [0.29, 0.717) is 18.9 Å². The molecule has 0 radical (unpaired) electrons. The van der Waals surface area contributed by atoms with E-state index in [2.05, 4.69) is 20.5 Å². The van der Waals surface area contributed by atoms with Crippen LogP contribution in [0.4, 0.5) is 5.95 Å². The summed E-state index contributed by atoms with van der Waals surface area (Å²) in [5.74, 6) is -0.289. The number of aliphatic carboxylic acids is 1. The molecule has 0 bridgehead atoms. The molecule has 94 valence electrons. The third-order valence-electron chi connectivity index (χ3n) is 2.46. The van der Waals surface area contributed by atoms with Gasteiger partial charge in [0.15, 0.2) is 0 Å². The van der Waals surface area contributed by atoms with E-state index >= 15 is 0 Å². The first-order valence-corrected chi connectivity index (χ1v) is 5.81. The summed E-state index contributed by atoms with van der Waals surface area (Å²) in [5.41, 5.74) is 1.55. The second-order valence-corrected chi connectivity index (χ2v) is 3.90. The molecule has 0 saturated carbocycles. The van der Waals surface area contributed by atoms with E-state index in [-0.39, 0.29) is 6.42 Å². The highest BCUT2D eigenvalue weighted by Gasteiger charge is 2.00. The van der Waals surface area contributed by atoms with Crippen LogP contribution >= 0.6 is 0 Å². The topological polar surface area (TPSA) is 88.0 Å². The van der Waals surface area contributed by atoms with Crippen LogP contribution in [0.25, 0.3) is 11.0 Å². The van der Waals surface area contributed by atoms with Crippen LogP contribution < -0.4 is 5.32 Å². The Hall–Kier alpha value is -2.24. The number of carboxylic acid groups (broad SMARTS) is 1. The number of hydrogen-bond acceptors (Lipinski definition) is 5. The molecule has 0 atom stereocenters. The van der Waals surface area contributed by atoms with Crippen LogP contribution in [-0.4, -0.2) is 32.8 Å². The van der Waals surface area contributed by atoms with E-state index in [1.54, 1.807) is 0 Å². The molecule has 2 aromatic rings. The van der Waals surface area contributed by atoms with Crippen molar-refractivity contribution in [1.29, 1.82) is 0 Å². The Morgan fingerprint density at radius 2 is 1.94 bits per heavy atom. The van der Waals surface area contributed by atoms with Gasteiger partial charge in [-0.2, -0.15) is 0 Å². The van der Waals surface area contributed by atoms with Crippen LogP contribution in [0.5, 0.6) is 0 Å². The fourth-order valence-electron chi connectivity index (χ4n) is 1.56. The highest BCUT2D eigenvalue weighted by molar-refractivity contribution is 5.74. The summed E-state index contributed by atoms with van der Waals surface area (Å²) in [6, 6.07) is 7.51. The number of nitrogens with one attached hydrogen (secondary N) is 1. The number of anilines is 1. The predicted molar refractivity (Wildman–Crippen MR) is 67.3 cm³/mol. The van der Waals surface area contributed by atoms with Gasteiger partial charge in [0.2, 0.25) is 5.95 Å². The summed E-state index contributed by atoms with van der Waals surface area (Å²) < 4.78 is 0. The number of carboxylic acids is 1. The van der Waals surface area contributed by atoms with Gasteiger partial charge in [-0.1, -0.05) is 12.1 Å². The fourth-order valence-corrected chi connectivity index (χ4v) is 1.56. The predicted octanol–water partition coefficient (Wildman–Crippen LogP) is 1.69. The van der Waals surface area contributed by atoms with Crippen molar-refractivity contribution in [2.24, 2.45) is 0 Å². The van der Waals surface area contributed by atoms with Gasteiger partial charge in [0.05, 0.1) is 5.52 Å². The molecule has 1 aromatic heterocycles. The molecular formula is C12H14N4O2. The molecule has 1 heterocycles. The molecule has 1 aromatic carbocycles. The van der Waals surface area contributed by atoms with Crippen LogP contribution in [0, 0.1) is 0 Å². The lowest BCUT2D eigenvalue weighted by molar-refractivity contribution is -0.137. The lowest BCUT2D eigenvalue weighted by Gasteiger charge is -2.03. The number of carbonyl (C=O) groups is 1. The smallest absolute Gasteiger partial charge is 0.303 e. The zero-order valence-corrected chi connectivity index (χ0v) is 9.83. The van der Waals surface area contributed by atoms with Crippen molar-refractivity contribution < 1.29 is 9.90 Å². The molecule has 0 amide bonds. The number of unbranched alkanes of at least 4 members (excludes halogenated alkanes) is 1. The lowest BCUT2D eigenvalue weighted by atomic mass is 10.2. The molecule has 6 heteroatoms. The first-order valence-electron chi connectivity index (χ1n) is 5.81. The summed E-state index contributed by atoms with van der Waals surface area (Å²) in [6.07, 6.45) is 1.60. The molecule has 6 nitrogen and oxygen atoms in total. The van der Waals surface area contributed by atoms with Gasteiger partial charge in [-0.05, 0) is 25.0 Å². The lowest BCUT2D eigenvalue weighted by Crippen LogP contribution is -2.07. The molecular weight excluding hydrogens is 232 g/mol. The Kier molecular flexibility index (Phi) is 4.01. The summed E-state index contributed by atoms with van der Waals surface area (Å²) in [6.45, 7) is 0.646. The maximum Gasteiger partial charge on any atom is 0.303 e. The van der Waals surface area contributed by atoms with E-state index < -0.39 is 5.97 Å². The van der Waals surface area contributed by atoms with Crippen molar-refractivity contribution in [3.05, 3.63) is 24.3 Å². The second-order valence-electron chi connectivity index (χ2n) is 3.90. The van der Waals surface area contributed by atoms with E-state index in [1.807, 2.05) is 24.3 Å². The summed E-state index contributed by atoms with van der Waals surface area (Å²) in [7, 11) is 0. The largest absolute Gasteiger partial charge is 0.481 e. The Bertz CT molecular complexity index is 544. The van der Waals surface area contributed by atoms with Gasteiger partial charge in [0.25, 0.3) is 0 Å². The summed E-state index contributed by atoms with van der Waals surface area (Å²) in [5, 5.41) is 19.5. The van der Waals surface area contributed by atoms with Gasteiger partial charge in [0, 0.05) is 13.0 Å². The van der Waals surface area contributed by atoms with E-state index in [0.717, 1.165) is 17.5 Å². The van der Waals surface area contributed by atoms with Crippen molar-refractivity contribution in [2.45, 2.75) is 19.3 Å². The number of hydrogen-bond donors (Lipinski definition) is 2. The minimum Gasteiger partial charge on any atom is -0.481 e. The quantitative estimate of drug-likeness (QED) is 0.754. The van der Waals surface area contributed by atoms with Crippen molar-refractivity contribution in [3.8, 4) is 0 Å². The second kappa shape index (κ2) is 5.90. The Labute approximate surface area is 104 Å². The molecule has 0 aliphatic heterocycles. The van der Waals surface area contributed by atoms with E-state index in [1.165, 1.54) is 0 Å². The Morgan fingerprint density at radius 1 is 1.17 bits per heavy atom. The number of para-hydroxylation sites is 1. The first kappa shape index (κ1) is 12.2. The highest BCUT2D eigenvalue weighted by Crippen LogP contribution is 2.08. The van der Waals surface area contributed by atoms with Gasteiger partial charge in [-0.15, -0.1) is 10.2 Å². The number of fused-ring (bicyclic) bond motifs is 1. The summed E-state index contributed by atoms with van der Waals surface area (Å²) >= 11 is 0. The van der Waals surface area contributed by atoms with Gasteiger partial charge < -0.3 is 10.4 Å². The van der Waals surface area contributed by atoms with Crippen molar-refractivity contribution >= 4 is 23.0 Å². The van der Waals surface area contributed by atoms with Gasteiger partial charge in [0.1, 0.15) is 5.52 Å². The Balaban J connectivity index is 1.86. The van der Waals surface area contributed by atoms with E-state index in [9.17, 15) is 4.79 Å². The number of benzene rings is 1. The average molecular weight is 246 g/mol. The molecule has 0 saturated heterocycles. The SMILES string of the molecule is O=C(O)CCCCNc1nnc2ccccc2n1. The minimum atomic E-state index is -0.765. The van der Waals surface area contributed by atoms with Crippen molar-refractivity contribution in [3.63, 3.8) is 0 Å². The molecule has 0 aliphatic carbocycles. The van der Waals surface area contributed by atoms with Crippen LogP contribution in [0.15, 0.2) is 24.3 Å². The minimum absolute atomic E-state index is 0.193. The fraction of sp³-hybridized carbons (Fsp3) is 0.333. The van der Waals surface area contributed by atoms with Gasteiger partial charge in [-0.25, -0.2) is 4.98 Å². The maximum atomic E-state index is 10.3. The first-order chi connectivity index (χ1) is 8.75. The number of aromatic nitrogens is 3. The highest BCUT2D eigenvalue weighted by atomic mass is 16.4.